The summed E-state index contributed by atoms with van der Waals surface area (Å²) in [5.41, 5.74) is 6.46. The molecule has 2 aliphatic rings. The molecule has 0 radical (unpaired) electrons. The van der Waals surface area contributed by atoms with Crippen molar-refractivity contribution in [1.29, 1.82) is 0 Å². The summed E-state index contributed by atoms with van der Waals surface area (Å²) in [6, 6.07) is 5.90. The minimum absolute atomic E-state index is 0.174. The maximum atomic E-state index is 11.1. The van der Waals surface area contributed by atoms with E-state index in [-0.39, 0.29) is 12.0 Å². The molecule has 1 heterocycles. The first-order valence-corrected chi connectivity index (χ1v) is 11.9. The second kappa shape index (κ2) is 11.6. The van der Waals surface area contributed by atoms with Crippen LogP contribution < -0.4 is 10.6 Å². The van der Waals surface area contributed by atoms with Crippen LogP contribution in [0.1, 0.15) is 44.9 Å². The summed E-state index contributed by atoms with van der Waals surface area (Å²) >= 11 is 12.2. The highest BCUT2D eigenvalue weighted by Gasteiger charge is 2.28. The van der Waals surface area contributed by atoms with Gasteiger partial charge in [0.15, 0.2) is 0 Å². The molecule has 1 atom stereocenters. The number of nitrogens with zero attached hydrogens (tertiary/aromatic N) is 2. The van der Waals surface area contributed by atoms with Gasteiger partial charge in [0.05, 0.1) is 16.1 Å². The molecule has 0 spiro atoms. The van der Waals surface area contributed by atoms with Crippen LogP contribution in [0.4, 0.5) is 5.69 Å². The summed E-state index contributed by atoms with van der Waals surface area (Å²) in [7, 11) is 1.76. The molecule has 2 fully saturated rings. The first-order valence-electron chi connectivity index (χ1n) is 11.2. The van der Waals surface area contributed by atoms with Crippen LogP contribution in [0.15, 0.2) is 18.2 Å². The average Bonchev–Trinajstić information content (AvgIpc) is 2.75. The highest BCUT2D eigenvalue weighted by Crippen LogP contribution is 2.35. The number of anilines is 1. The lowest BCUT2D eigenvalue weighted by molar-refractivity contribution is -0.119. The van der Waals surface area contributed by atoms with E-state index in [1.165, 1.54) is 38.6 Å². The fourth-order valence-electron chi connectivity index (χ4n) is 4.96. The zero-order valence-electron chi connectivity index (χ0n) is 18.0. The molecule has 5 nitrogen and oxygen atoms in total. The summed E-state index contributed by atoms with van der Waals surface area (Å²) in [5, 5.41) is 1.23. The Balaban J connectivity index is 1.35. The molecule has 1 unspecified atom stereocenters. The van der Waals surface area contributed by atoms with Crippen LogP contribution >= 0.6 is 23.2 Å². The predicted octanol–water partition coefficient (Wildman–Crippen LogP) is 4.59. The molecule has 1 aromatic rings. The zero-order valence-corrected chi connectivity index (χ0v) is 19.5. The van der Waals surface area contributed by atoms with E-state index < -0.39 is 0 Å². The number of amides is 1. The predicted molar refractivity (Wildman–Crippen MR) is 124 cm³/mol. The fourth-order valence-corrected chi connectivity index (χ4v) is 5.25. The van der Waals surface area contributed by atoms with Crippen molar-refractivity contribution in [1.82, 2.24) is 4.90 Å². The van der Waals surface area contributed by atoms with E-state index in [1.807, 2.05) is 12.1 Å². The van der Waals surface area contributed by atoms with Gasteiger partial charge < -0.3 is 15.4 Å². The Morgan fingerprint density at radius 1 is 1.13 bits per heavy atom. The lowest BCUT2D eigenvalue weighted by Gasteiger charge is -2.38. The number of rotatable bonds is 9. The number of ether oxygens (including phenoxy) is 1. The van der Waals surface area contributed by atoms with Gasteiger partial charge in [0.1, 0.15) is 0 Å². The molecular weight excluding hydrogens is 421 g/mol. The molecule has 3 rings (SSSR count). The van der Waals surface area contributed by atoms with Crippen molar-refractivity contribution in [3.8, 4) is 0 Å². The van der Waals surface area contributed by atoms with Crippen LogP contribution in [0.25, 0.3) is 0 Å². The monoisotopic (exact) mass is 455 g/mol. The number of piperazine rings is 1. The standard InChI is InChI=1S/C23H35Cl2N3O2/c1-30-22(8-9-23(26)29)18-4-2-17(3-5-18)10-11-27-12-14-28(15-13-27)19-6-7-20(24)21(25)16-19/h6-7,16-18,22H,2-5,8-15H2,1H3,(H2,26,29). The lowest BCUT2D eigenvalue weighted by Crippen LogP contribution is -2.47. The Kier molecular flexibility index (Phi) is 9.12. The smallest absolute Gasteiger partial charge is 0.217 e. The van der Waals surface area contributed by atoms with Crippen molar-refractivity contribution >= 4 is 34.8 Å². The molecule has 30 heavy (non-hydrogen) atoms. The van der Waals surface area contributed by atoms with E-state index in [2.05, 4.69) is 15.9 Å². The third kappa shape index (κ3) is 6.74. The maximum absolute atomic E-state index is 11.1. The van der Waals surface area contributed by atoms with Crippen molar-refractivity contribution in [3.63, 3.8) is 0 Å². The normalized spacial score (nSPS) is 24.0. The second-order valence-corrected chi connectivity index (χ2v) is 9.59. The summed E-state index contributed by atoms with van der Waals surface area (Å²) in [6.45, 7) is 5.42. The molecule has 7 heteroatoms. The average molecular weight is 456 g/mol. The van der Waals surface area contributed by atoms with Crippen molar-refractivity contribution in [2.24, 2.45) is 17.6 Å². The number of hydrogen-bond donors (Lipinski definition) is 1. The third-order valence-electron chi connectivity index (χ3n) is 6.89. The highest BCUT2D eigenvalue weighted by molar-refractivity contribution is 6.42. The Bertz CT molecular complexity index is 687. The van der Waals surface area contributed by atoms with Gasteiger partial charge in [-0.05, 0) is 62.3 Å². The topological polar surface area (TPSA) is 58.8 Å². The summed E-state index contributed by atoms with van der Waals surface area (Å²) < 4.78 is 5.65. The van der Waals surface area contributed by atoms with Crippen LogP contribution in [-0.2, 0) is 9.53 Å². The van der Waals surface area contributed by atoms with Crippen LogP contribution in [0.5, 0.6) is 0 Å². The van der Waals surface area contributed by atoms with Crippen molar-refractivity contribution in [3.05, 3.63) is 28.2 Å². The van der Waals surface area contributed by atoms with E-state index >= 15 is 0 Å². The molecule has 1 saturated carbocycles. The van der Waals surface area contributed by atoms with Gasteiger partial charge in [0.2, 0.25) is 5.91 Å². The quantitative estimate of drug-likeness (QED) is 0.591. The number of carbonyl (C=O) groups is 1. The zero-order chi connectivity index (χ0) is 21.5. The second-order valence-electron chi connectivity index (χ2n) is 8.78. The summed E-state index contributed by atoms with van der Waals surface area (Å²) in [6.07, 6.45) is 7.57. The molecule has 1 saturated heterocycles. The van der Waals surface area contributed by atoms with Gasteiger partial charge in [-0.1, -0.05) is 36.0 Å². The van der Waals surface area contributed by atoms with E-state index in [1.54, 1.807) is 7.11 Å². The number of carbonyl (C=O) groups excluding carboxylic acids is 1. The Labute approximate surface area is 190 Å². The van der Waals surface area contributed by atoms with Crippen molar-refractivity contribution in [2.45, 2.75) is 51.0 Å². The fraction of sp³-hybridized carbons (Fsp3) is 0.696. The molecule has 1 aromatic carbocycles. The number of primary amides is 1. The minimum Gasteiger partial charge on any atom is -0.381 e. The maximum Gasteiger partial charge on any atom is 0.217 e. The van der Waals surface area contributed by atoms with Crippen LogP contribution in [0.3, 0.4) is 0 Å². The number of benzene rings is 1. The van der Waals surface area contributed by atoms with Crippen molar-refractivity contribution in [2.75, 3.05) is 44.7 Å². The van der Waals surface area contributed by atoms with Gasteiger partial charge in [-0.15, -0.1) is 0 Å². The Hall–Kier alpha value is -1.01. The van der Waals surface area contributed by atoms with Crippen LogP contribution in [-0.4, -0.2) is 56.7 Å². The highest BCUT2D eigenvalue weighted by atomic mass is 35.5. The molecule has 1 aliphatic heterocycles. The van der Waals surface area contributed by atoms with E-state index in [4.69, 9.17) is 33.7 Å². The molecule has 0 bridgehead atoms. The van der Waals surface area contributed by atoms with Gasteiger partial charge in [-0.2, -0.15) is 0 Å². The Morgan fingerprint density at radius 3 is 2.43 bits per heavy atom. The number of methoxy groups -OCH3 is 1. The van der Waals surface area contributed by atoms with Gasteiger partial charge in [0.25, 0.3) is 0 Å². The molecule has 1 amide bonds. The lowest BCUT2D eigenvalue weighted by atomic mass is 9.77. The largest absolute Gasteiger partial charge is 0.381 e. The SMILES string of the molecule is COC(CCC(N)=O)C1CCC(CCN2CCN(c3ccc(Cl)c(Cl)c3)CC2)CC1. The number of nitrogens with two attached hydrogens (primary N) is 1. The summed E-state index contributed by atoms with van der Waals surface area (Å²) in [5.74, 6) is 1.15. The Morgan fingerprint density at radius 2 is 1.83 bits per heavy atom. The van der Waals surface area contributed by atoms with E-state index in [0.717, 1.165) is 44.2 Å². The molecule has 0 aromatic heterocycles. The minimum atomic E-state index is -0.231. The van der Waals surface area contributed by atoms with E-state index in [9.17, 15) is 4.79 Å². The van der Waals surface area contributed by atoms with Gasteiger partial charge in [-0.3, -0.25) is 9.69 Å². The van der Waals surface area contributed by atoms with Crippen molar-refractivity contribution < 1.29 is 9.53 Å². The van der Waals surface area contributed by atoms with Crippen LogP contribution in [0.2, 0.25) is 10.0 Å². The van der Waals surface area contributed by atoms with Crippen LogP contribution in [0, 0.1) is 11.8 Å². The first-order chi connectivity index (χ1) is 14.5. The number of hydrogen-bond acceptors (Lipinski definition) is 4. The molecular formula is C23H35Cl2N3O2. The van der Waals surface area contributed by atoms with Gasteiger partial charge in [0, 0.05) is 45.4 Å². The van der Waals surface area contributed by atoms with Gasteiger partial charge >= 0.3 is 0 Å². The first kappa shape index (κ1) is 23.6. The summed E-state index contributed by atoms with van der Waals surface area (Å²) in [4.78, 5) is 16.0. The van der Waals surface area contributed by atoms with Gasteiger partial charge in [-0.25, -0.2) is 0 Å². The third-order valence-corrected chi connectivity index (χ3v) is 7.63. The number of halogens is 2. The molecule has 168 valence electrons. The van der Waals surface area contributed by atoms with E-state index in [0.29, 0.717) is 22.4 Å². The molecule has 1 aliphatic carbocycles. The molecule has 2 N–H and O–H groups in total.